The van der Waals surface area contributed by atoms with E-state index in [1.165, 1.54) is 0 Å². The Labute approximate surface area is 64.4 Å². The predicted molar refractivity (Wildman–Crippen MR) is 42.0 cm³/mol. The minimum atomic E-state index is -2.24. The minimum absolute atomic E-state index is 0. The molecule has 0 aromatic rings. The molecule has 0 rings (SSSR count). The Bertz CT molecular complexity index is 53.0. The molecule has 0 aliphatic rings. The lowest BCUT2D eigenvalue weighted by molar-refractivity contribution is 0.824. The molecular weight excluding hydrogens is 186 g/mol. The molecule has 52 valence electrons. The van der Waals surface area contributed by atoms with E-state index in [9.17, 15) is 0 Å². The third kappa shape index (κ3) is 10.1. The van der Waals surface area contributed by atoms with Gasteiger partial charge in [-0.05, 0) is 6.04 Å². The maximum atomic E-state index is 5.50. The maximum Gasteiger partial charge on any atom is 0.341 e. The summed E-state index contributed by atoms with van der Waals surface area (Å²) in [7, 11) is 0. The molecule has 8 heavy (non-hydrogen) atoms. The lowest BCUT2D eigenvalue weighted by Gasteiger charge is -2.01. The van der Waals surface area contributed by atoms with Crippen molar-refractivity contribution in [2.75, 3.05) is 0 Å². The first-order chi connectivity index (χ1) is 3.06. The molecule has 0 aromatic carbocycles. The predicted octanol–water partition coefficient (Wildman–Crippen LogP) is 2.23. The molecule has 0 saturated carbocycles. The second-order valence-corrected chi connectivity index (χ2v) is 10.6. The summed E-state index contributed by atoms with van der Waals surface area (Å²) in [6, 6.07) is -1.47. The summed E-state index contributed by atoms with van der Waals surface area (Å²) >= 11 is 16.5. The molecule has 0 spiro atoms. The fourth-order valence-electron chi connectivity index (χ4n) is 0.283. The Hall–Kier alpha value is 1.05. The molecular formula is C3H9Cl3OSi. The van der Waals surface area contributed by atoms with Crippen molar-refractivity contribution in [3.8, 4) is 0 Å². The molecule has 0 aliphatic carbocycles. The molecule has 1 nitrogen and oxygen atoms in total. The Morgan fingerprint density at radius 1 is 1.25 bits per heavy atom. The Morgan fingerprint density at radius 2 is 1.62 bits per heavy atom. The maximum absolute atomic E-state index is 5.50. The first-order valence-corrected chi connectivity index (χ1v) is 7.37. The van der Waals surface area contributed by atoms with E-state index in [0.717, 1.165) is 12.5 Å². The topological polar surface area (TPSA) is 31.5 Å². The molecule has 0 aliphatic heterocycles. The number of halogens is 3. The van der Waals surface area contributed by atoms with Crippen molar-refractivity contribution in [1.82, 2.24) is 0 Å². The summed E-state index contributed by atoms with van der Waals surface area (Å²) < 4.78 is 0. The zero-order chi connectivity index (χ0) is 5.91. The van der Waals surface area contributed by atoms with Crippen LogP contribution in [0.3, 0.4) is 0 Å². The molecule has 5 heteroatoms. The van der Waals surface area contributed by atoms with E-state index >= 15 is 0 Å². The highest BCUT2D eigenvalue weighted by Crippen LogP contribution is 2.25. The average molecular weight is 196 g/mol. The van der Waals surface area contributed by atoms with Crippen LogP contribution in [0, 0.1) is 0 Å². The molecule has 2 N–H and O–H groups in total. The van der Waals surface area contributed by atoms with Crippen molar-refractivity contribution in [3.63, 3.8) is 0 Å². The lowest BCUT2D eigenvalue weighted by Crippen LogP contribution is -2.06. The van der Waals surface area contributed by atoms with Gasteiger partial charge in [0.2, 0.25) is 0 Å². The van der Waals surface area contributed by atoms with Crippen molar-refractivity contribution in [1.29, 1.82) is 0 Å². The van der Waals surface area contributed by atoms with Crippen LogP contribution >= 0.6 is 33.2 Å². The molecule has 0 unspecified atom stereocenters. The highest BCUT2D eigenvalue weighted by Gasteiger charge is 2.22. The normalized spacial score (nSPS) is 10.5. The summed E-state index contributed by atoms with van der Waals surface area (Å²) in [4.78, 5) is 0. The SMILES string of the molecule is CCC[Si](Cl)(Cl)Cl.O. The van der Waals surface area contributed by atoms with E-state index in [0.29, 0.717) is 0 Å². The standard InChI is InChI=1S/C3H7Cl3Si.H2O/c1-2-3-7(4,5)6;/h2-3H2,1H3;1H2. The summed E-state index contributed by atoms with van der Waals surface area (Å²) in [5, 5.41) is 0. The average Bonchev–Trinajstić information content (AvgIpc) is 1.30. The van der Waals surface area contributed by atoms with E-state index in [4.69, 9.17) is 33.2 Å². The van der Waals surface area contributed by atoms with Crippen LogP contribution in [0.4, 0.5) is 0 Å². The highest BCUT2D eigenvalue weighted by molar-refractivity contribution is 7.64. The fourth-order valence-corrected chi connectivity index (χ4v) is 2.55. The van der Waals surface area contributed by atoms with Crippen LogP contribution in [0.1, 0.15) is 13.3 Å². The van der Waals surface area contributed by atoms with Crippen LogP contribution in [0.15, 0.2) is 0 Å². The Morgan fingerprint density at radius 3 is 1.62 bits per heavy atom. The minimum Gasteiger partial charge on any atom is -0.412 e. The number of hydrogen-bond acceptors (Lipinski definition) is 0. The van der Waals surface area contributed by atoms with E-state index in [1.807, 2.05) is 6.92 Å². The zero-order valence-corrected chi connectivity index (χ0v) is 7.82. The van der Waals surface area contributed by atoms with Crippen molar-refractivity contribution in [2.24, 2.45) is 0 Å². The molecule has 0 bridgehead atoms. The summed E-state index contributed by atoms with van der Waals surface area (Å²) in [5.41, 5.74) is 0. The number of hydrogen-bond donors (Lipinski definition) is 0. The van der Waals surface area contributed by atoms with Crippen molar-refractivity contribution < 1.29 is 5.48 Å². The van der Waals surface area contributed by atoms with Crippen molar-refractivity contribution in [2.45, 2.75) is 19.4 Å². The van der Waals surface area contributed by atoms with Crippen LogP contribution in [0.5, 0.6) is 0 Å². The van der Waals surface area contributed by atoms with E-state index in [1.54, 1.807) is 0 Å². The van der Waals surface area contributed by atoms with Gasteiger partial charge in [-0.1, -0.05) is 13.3 Å². The van der Waals surface area contributed by atoms with Gasteiger partial charge in [0.25, 0.3) is 0 Å². The van der Waals surface area contributed by atoms with Crippen LogP contribution in [-0.4, -0.2) is 11.5 Å². The van der Waals surface area contributed by atoms with Gasteiger partial charge in [0, 0.05) is 0 Å². The fraction of sp³-hybridized carbons (Fsp3) is 1.00. The zero-order valence-electron chi connectivity index (χ0n) is 4.55. The second kappa shape index (κ2) is 4.88. The molecule has 0 atom stereocenters. The van der Waals surface area contributed by atoms with Crippen molar-refractivity contribution >= 4 is 39.2 Å². The lowest BCUT2D eigenvalue weighted by atomic mass is 10.6. The van der Waals surface area contributed by atoms with Gasteiger partial charge >= 0.3 is 6.00 Å². The Balaban J connectivity index is 0. The summed E-state index contributed by atoms with van der Waals surface area (Å²) in [5.74, 6) is 0. The van der Waals surface area contributed by atoms with Crippen LogP contribution < -0.4 is 0 Å². The van der Waals surface area contributed by atoms with Gasteiger partial charge in [0.05, 0.1) is 0 Å². The van der Waals surface area contributed by atoms with Gasteiger partial charge in [-0.3, -0.25) is 0 Å². The van der Waals surface area contributed by atoms with Crippen LogP contribution in [0.25, 0.3) is 0 Å². The monoisotopic (exact) mass is 194 g/mol. The Kier molecular flexibility index (Phi) is 7.20. The first-order valence-electron chi connectivity index (χ1n) is 2.13. The van der Waals surface area contributed by atoms with Gasteiger partial charge in [0.15, 0.2) is 0 Å². The summed E-state index contributed by atoms with van der Waals surface area (Å²) in [6.45, 7) is 2.01. The van der Waals surface area contributed by atoms with Crippen molar-refractivity contribution in [3.05, 3.63) is 0 Å². The molecule has 0 fully saturated rings. The quantitative estimate of drug-likeness (QED) is 0.478. The molecule has 0 radical (unpaired) electrons. The largest absolute Gasteiger partial charge is 0.412 e. The van der Waals surface area contributed by atoms with Gasteiger partial charge in [0.1, 0.15) is 0 Å². The summed E-state index contributed by atoms with van der Waals surface area (Å²) in [6.07, 6.45) is 0.975. The second-order valence-electron chi connectivity index (χ2n) is 1.37. The molecule has 0 amide bonds. The molecule has 0 heterocycles. The van der Waals surface area contributed by atoms with Gasteiger partial charge in [-0.25, -0.2) is 0 Å². The van der Waals surface area contributed by atoms with Gasteiger partial charge in [-0.2, -0.15) is 0 Å². The van der Waals surface area contributed by atoms with E-state index < -0.39 is 6.00 Å². The van der Waals surface area contributed by atoms with Crippen LogP contribution in [0.2, 0.25) is 6.04 Å². The van der Waals surface area contributed by atoms with Gasteiger partial charge < -0.3 is 5.48 Å². The molecule has 0 saturated heterocycles. The smallest absolute Gasteiger partial charge is 0.341 e. The van der Waals surface area contributed by atoms with E-state index in [-0.39, 0.29) is 5.48 Å². The first kappa shape index (κ1) is 11.8. The highest BCUT2D eigenvalue weighted by atomic mass is 35.8. The van der Waals surface area contributed by atoms with Gasteiger partial charge in [-0.15, -0.1) is 33.2 Å². The van der Waals surface area contributed by atoms with E-state index in [2.05, 4.69) is 0 Å². The van der Waals surface area contributed by atoms with Crippen LogP contribution in [-0.2, 0) is 0 Å². The number of rotatable bonds is 2. The third-order valence-electron chi connectivity index (χ3n) is 0.533. The molecule has 0 aromatic heterocycles. The third-order valence-corrected chi connectivity index (χ3v) is 3.30.